The Morgan fingerprint density at radius 1 is 0.962 bits per heavy atom. The van der Waals surface area contributed by atoms with Gasteiger partial charge in [-0.3, -0.25) is 9.59 Å². The lowest BCUT2D eigenvalue weighted by atomic mass is 10.1. The van der Waals surface area contributed by atoms with Crippen molar-refractivity contribution in [1.82, 2.24) is 4.90 Å². The SMILES string of the molecule is CC[C@@H](Oc1ccccc1)C(=O)Nc1ccc(C(=O)N(CC)CC)cc1. The minimum atomic E-state index is -0.575. The molecule has 0 aliphatic carbocycles. The largest absolute Gasteiger partial charge is 0.481 e. The fraction of sp³-hybridized carbons (Fsp3) is 0.333. The second-order valence-corrected chi connectivity index (χ2v) is 5.87. The van der Waals surface area contributed by atoms with Crippen LogP contribution in [-0.2, 0) is 4.79 Å². The maximum absolute atomic E-state index is 12.5. The van der Waals surface area contributed by atoms with Crippen LogP contribution in [0.5, 0.6) is 5.75 Å². The molecule has 2 amide bonds. The fourth-order valence-electron chi connectivity index (χ4n) is 2.60. The minimum absolute atomic E-state index is 0.00766. The Kier molecular flexibility index (Phi) is 7.21. The highest BCUT2D eigenvalue weighted by molar-refractivity contribution is 5.97. The summed E-state index contributed by atoms with van der Waals surface area (Å²) in [5.74, 6) is 0.445. The number of rotatable bonds is 8. The highest BCUT2D eigenvalue weighted by Crippen LogP contribution is 2.16. The van der Waals surface area contributed by atoms with Crippen LogP contribution in [0, 0.1) is 0 Å². The lowest BCUT2D eigenvalue weighted by molar-refractivity contribution is -0.122. The van der Waals surface area contributed by atoms with Gasteiger partial charge in [-0.05, 0) is 56.7 Å². The van der Waals surface area contributed by atoms with Gasteiger partial charge < -0.3 is 15.0 Å². The lowest BCUT2D eigenvalue weighted by Crippen LogP contribution is -2.32. The second-order valence-electron chi connectivity index (χ2n) is 5.87. The number of nitrogens with zero attached hydrogens (tertiary/aromatic N) is 1. The highest BCUT2D eigenvalue weighted by atomic mass is 16.5. The van der Waals surface area contributed by atoms with Crippen LogP contribution < -0.4 is 10.1 Å². The summed E-state index contributed by atoms with van der Waals surface area (Å²) < 4.78 is 5.75. The number of hydrogen-bond acceptors (Lipinski definition) is 3. The van der Waals surface area contributed by atoms with Crippen molar-refractivity contribution in [1.29, 1.82) is 0 Å². The maximum Gasteiger partial charge on any atom is 0.265 e. The number of amides is 2. The normalized spacial score (nSPS) is 11.5. The summed E-state index contributed by atoms with van der Waals surface area (Å²) in [6, 6.07) is 16.2. The maximum atomic E-state index is 12.5. The summed E-state index contributed by atoms with van der Waals surface area (Å²) in [5.41, 5.74) is 1.25. The predicted molar refractivity (Wildman–Crippen MR) is 103 cm³/mol. The summed E-state index contributed by atoms with van der Waals surface area (Å²) in [4.78, 5) is 26.5. The number of carbonyl (C=O) groups is 2. The van der Waals surface area contributed by atoms with E-state index >= 15 is 0 Å². The molecule has 0 aliphatic rings. The van der Waals surface area contributed by atoms with E-state index in [1.165, 1.54) is 0 Å². The van der Waals surface area contributed by atoms with Gasteiger partial charge in [0, 0.05) is 24.3 Å². The number of ether oxygens (including phenoxy) is 1. The van der Waals surface area contributed by atoms with Gasteiger partial charge in [-0.1, -0.05) is 25.1 Å². The van der Waals surface area contributed by atoms with Gasteiger partial charge in [0.25, 0.3) is 11.8 Å². The third kappa shape index (κ3) is 5.09. The fourth-order valence-corrected chi connectivity index (χ4v) is 2.60. The van der Waals surface area contributed by atoms with Gasteiger partial charge in [0.05, 0.1) is 0 Å². The van der Waals surface area contributed by atoms with Crippen LogP contribution in [0.25, 0.3) is 0 Å². The molecular weight excluding hydrogens is 328 g/mol. The van der Waals surface area contributed by atoms with Crippen LogP contribution in [0.4, 0.5) is 5.69 Å². The van der Waals surface area contributed by atoms with E-state index in [-0.39, 0.29) is 11.8 Å². The number of para-hydroxylation sites is 1. The summed E-state index contributed by atoms with van der Waals surface area (Å²) in [7, 11) is 0. The number of hydrogen-bond donors (Lipinski definition) is 1. The Bertz CT molecular complexity index is 710. The van der Waals surface area contributed by atoms with E-state index in [0.29, 0.717) is 36.5 Å². The Balaban J connectivity index is 2.00. The molecule has 0 spiro atoms. The molecule has 1 atom stereocenters. The molecule has 138 valence electrons. The van der Waals surface area contributed by atoms with Crippen LogP contribution >= 0.6 is 0 Å². The zero-order valence-corrected chi connectivity index (χ0v) is 15.6. The van der Waals surface area contributed by atoms with Crippen molar-refractivity contribution < 1.29 is 14.3 Å². The van der Waals surface area contributed by atoms with Gasteiger partial charge in [-0.2, -0.15) is 0 Å². The van der Waals surface area contributed by atoms with Crippen molar-refractivity contribution in [3.05, 3.63) is 60.2 Å². The molecule has 1 N–H and O–H groups in total. The van der Waals surface area contributed by atoms with E-state index in [1.54, 1.807) is 29.2 Å². The van der Waals surface area contributed by atoms with E-state index in [9.17, 15) is 9.59 Å². The molecule has 0 fully saturated rings. The molecule has 5 heteroatoms. The molecule has 5 nitrogen and oxygen atoms in total. The molecule has 2 aromatic carbocycles. The van der Waals surface area contributed by atoms with Crippen molar-refractivity contribution in [2.75, 3.05) is 18.4 Å². The zero-order chi connectivity index (χ0) is 18.9. The van der Waals surface area contributed by atoms with Crippen molar-refractivity contribution >= 4 is 17.5 Å². The van der Waals surface area contributed by atoms with Gasteiger partial charge in [-0.15, -0.1) is 0 Å². The highest BCUT2D eigenvalue weighted by Gasteiger charge is 2.19. The van der Waals surface area contributed by atoms with Crippen LogP contribution in [0.1, 0.15) is 37.6 Å². The van der Waals surface area contributed by atoms with E-state index in [1.807, 2.05) is 51.1 Å². The van der Waals surface area contributed by atoms with Crippen molar-refractivity contribution in [3.63, 3.8) is 0 Å². The second kappa shape index (κ2) is 9.61. The molecule has 0 saturated carbocycles. The summed E-state index contributed by atoms with van der Waals surface area (Å²) in [5, 5.41) is 2.85. The van der Waals surface area contributed by atoms with E-state index < -0.39 is 6.10 Å². The molecule has 0 bridgehead atoms. The molecule has 2 aromatic rings. The molecule has 0 aromatic heterocycles. The predicted octanol–water partition coefficient (Wildman–Crippen LogP) is 3.96. The Labute approximate surface area is 155 Å². The molecule has 0 aliphatic heterocycles. The van der Waals surface area contributed by atoms with Gasteiger partial charge in [0.15, 0.2) is 6.10 Å². The monoisotopic (exact) mass is 354 g/mol. The van der Waals surface area contributed by atoms with Crippen LogP contribution in [0.15, 0.2) is 54.6 Å². The molecule has 2 rings (SSSR count). The van der Waals surface area contributed by atoms with Gasteiger partial charge in [0.1, 0.15) is 5.75 Å². The first kappa shape index (κ1) is 19.5. The average molecular weight is 354 g/mol. The van der Waals surface area contributed by atoms with E-state index in [4.69, 9.17) is 4.74 Å². The molecule has 0 heterocycles. The van der Waals surface area contributed by atoms with Crippen LogP contribution in [-0.4, -0.2) is 35.9 Å². The Morgan fingerprint density at radius 3 is 2.12 bits per heavy atom. The number of anilines is 1. The third-order valence-electron chi connectivity index (χ3n) is 4.13. The minimum Gasteiger partial charge on any atom is -0.481 e. The third-order valence-corrected chi connectivity index (χ3v) is 4.13. The first-order chi connectivity index (χ1) is 12.6. The van der Waals surface area contributed by atoms with Gasteiger partial charge in [-0.25, -0.2) is 0 Å². The first-order valence-electron chi connectivity index (χ1n) is 9.00. The van der Waals surface area contributed by atoms with Gasteiger partial charge in [0.2, 0.25) is 0 Å². The summed E-state index contributed by atoms with van der Waals surface area (Å²) >= 11 is 0. The van der Waals surface area contributed by atoms with Gasteiger partial charge >= 0.3 is 0 Å². The summed E-state index contributed by atoms with van der Waals surface area (Å²) in [6.45, 7) is 7.14. The lowest BCUT2D eigenvalue weighted by Gasteiger charge is -2.19. The standard InChI is InChI=1S/C21H26N2O3/c1-4-19(26-18-10-8-7-9-11-18)20(24)22-17-14-12-16(13-15-17)21(25)23(5-2)6-3/h7-15,19H,4-6H2,1-3H3,(H,22,24)/t19-/m1/s1. The number of nitrogens with one attached hydrogen (secondary N) is 1. The topological polar surface area (TPSA) is 58.6 Å². The Morgan fingerprint density at radius 2 is 1.58 bits per heavy atom. The van der Waals surface area contributed by atoms with Crippen molar-refractivity contribution in [3.8, 4) is 5.75 Å². The molecule has 0 saturated heterocycles. The first-order valence-corrected chi connectivity index (χ1v) is 9.00. The quantitative estimate of drug-likeness (QED) is 0.780. The number of benzene rings is 2. The van der Waals surface area contributed by atoms with E-state index in [0.717, 1.165) is 0 Å². The average Bonchev–Trinajstić information content (AvgIpc) is 2.68. The smallest absolute Gasteiger partial charge is 0.265 e. The van der Waals surface area contributed by atoms with Crippen LogP contribution in [0.2, 0.25) is 0 Å². The zero-order valence-electron chi connectivity index (χ0n) is 15.6. The van der Waals surface area contributed by atoms with E-state index in [2.05, 4.69) is 5.32 Å². The molecular formula is C21H26N2O3. The molecule has 0 unspecified atom stereocenters. The number of carbonyl (C=O) groups excluding carboxylic acids is 2. The molecule has 0 radical (unpaired) electrons. The van der Waals surface area contributed by atoms with Crippen molar-refractivity contribution in [2.45, 2.75) is 33.3 Å². The Hall–Kier alpha value is -2.82. The van der Waals surface area contributed by atoms with Crippen LogP contribution in [0.3, 0.4) is 0 Å². The molecule has 26 heavy (non-hydrogen) atoms. The summed E-state index contributed by atoms with van der Waals surface area (Å²) in [6.07, 6.45) is -0.0198. The van der Waals surface area contributed by atoms with Crippen molar-refractivity contribution in [2.24, 2.45) is 0 Å².